The fraction of sp³-hybridized carbons (Fsp3) is 0. The molecule has 0 aliphatic carbocycles. The summed E-state index contributed by atoms with van der Waals surface area (Å²) < 4.78 is 0. The third kappa shape index (κ3) is 3.42. The smallest absolute Gasteiger partial charge is 0.545 e. The average Bonchev–Trinajstić information content (AvgIpc) is 2.27. The Morgan fingerprint density at radius 1 is 0.722 bits per heavy atom. The molecule has 0 N–H and O–H groups in total. The summed E-state index contributed by atoms with van der Waals surface area (Å²) in [5.41, 5.74) is 0.127. The summed E-state index contributed by atoms with van der Waals surface area (Å²) in [4.78, 5) is 21.2. The maximum absolute atomic E-state index is 10.6. The van der Waals surface area contributed by atoms with Crippen LogP contribution in [-0.2, 0) is 0 Å². The molecule has 0 bridgehead atoms. The Bertz CT molecular complexity index is 542. The van der Waals surface area contributed by atoms with Gasteiger partial charge in [-0.25, -0.2) is 0 Å². The molecule has 0 unspecified atom stereocenters. The number of carboxylic acid groups (broad SMARTS) is 2. The molecular formula is C12H6Li2O4. The number of carbonyl (C=O) groups is 2. The van der Waals surface area contributed by atoms with E-state index in [2.05, 4.69) is 0 Å². The molecule has 0 fully saturated rings. The van der Waals surface area contributed by atoms with Crippen molar-refractivity contribution >= 4 is 22.7 Å². The van der Waals surface area contributed by atoms with Crippen molar-refractivity contribution in [1.29, 1.82) is 0 Å². The van der Waals surface area contributed by atoms with Crippen LogP contribution in [0.1, 0.15) is 20.7 Å². The van der Waals surface area contributed by atoms with Crippen LogP contribution in [0.2, 0.25) is 0 Å². The summed E-state index contributed by atoms with van der Waals surface area (Å²) >= 11 is 0. The Labute approximate surface area is 127 Å². The zero-order valence-corrected chi connectivity index (χ0v) is 10.1. The van der Waals surface area contributed by atoms with Crippen molar-refractivity contribution in [2.24, 2.45) is 0 Å². The predicted octanol–water partition coefficient (Wildman–Crippen LogP) is -6.43. The molecule has 4 nitrogen and oxygen atoms in total. The van der Waals surface area contributed by atoms with E-state index in [1.54, 1.807) is 0 Å². The van der Waals surface area contributed by atoms with Crippen molar-refractivity contribution in [3.8, 4) is 0 Å². The van der Waals surface area contributed by atoms with E-state index < -0.39 is 11.9 Å². The normalized spacial score (nSPS) is 9.11. The fourth-order valence-electron chi connectivity index (χ4n) is 1.50. The summed E-state index contributed by atoms with van der Waals surface area (Å²) in [5, 5.41) is 22.5. The molecule has 0 atom stereocenters. The van der Waals surface area contributed by atoms with Gasteiger partial charge in [-0.15, -0.1) is 0 Å². The molecular weight excluding hydrogens is 222 g/mol. The van der Waals surface area contributed by atoms with Crippen LogP contribution in [0, 0.1) is 0 Å². The molecule has 6 heteroatoms. The maximum atomic E-state index is 10.6. The van der Waals surface area contributed by atoms with Gasteiger partial charge in [0.15, 0.2) is 0 Å². The van der Waals surface area contributed by atoms with E-state index in [1.165, 1.54) is 36.4 Å². The number of fused-ring (bicyclic) bond motifs is 1. The number of hydrogen-bond donors (Lipinski definition) is 0. The molecule has 0 saturated carbocycles. The molecule has 0 radical (unpaired) electrons. The van der Waals surface area contributed by atoms with E-state index in [0.717, 1.165) is 0 Å². The summed E-state index contributed by atoms with van der Waals surface area (Å²) in [6, 6.07) is 8.68. The minimum Gasteiger partial charge on any atom is -0.545 e. The summed E-state index contributed by atoms with van der Waals surface area (Å²) in [6.07, 6.45) is 0. The van der Waals surface area contributed by atoms with Gasteiger partial charge in [-0.2, -0.15) is 0 Å². The molecule has 80 valence electrons. The third-order valence-electron chi connectivity index (χ3n) is 2.31. The molecule has 0 aliphatic heterocycles. The first-order valence-electron chi connectivity index (χ1n) is 4.54. The van der Waals surface area contributed by atoms with Crippen LogP contribution >= 0.6 is 0 Å². The monoisotopic (exact) mass is 228 g/mol. The van der Waals surface area contributed by atoms with Gasteiger partial charge in [-0.1, -0.05) is 24.3 Å². The first kappa shape index (κ1) is 16.8. The molecule has 0 saturated heterocycles. The standard InChI is InChI=1S/C12H8O4.2Li/c13-11(14)9-3-1-7-5-10(12(15)16)4-2-8(7)6-9;;/h1-6H,(H,13,14)(H,15,16);;/q;2*+1/p-2. The summed E-state index contributed by atoms with van der Waals surface area (Å²) in [5.74, 6) is -2.52. The van der Waals surface area contributed by atoms with Crippen LogP contribution in [0.25, 0.3) is 10.8 Å². The largest absolute Gasteiger partial charge is 1.00 e. The molecule has 0 aromatic heterocycles. The SMILES string of the molecule is O=C([O-])c1ccc2cc(C(=O)[O-])ccc2c1.[Li+].[Li+]. The number of carboxylic acids is 2. The number of carbonyl (C=O) groups excluding carboxylic acids is 2. The van der Waals surface area contributed by atoms with Crippen molar-refractivity contribution in [2.75, 3.05) is 0 Å². The Morgan fingerprint density at radius 3 is 1.33 bits per heavy atom. The minimum atomic E-state index is -1.26. The van der Waals surface area contributed by atoms with Crippen molar-refractivity contribution < 1.29 is 57.5 Å². The van der Waals surface area contributed by atoms with Crippen LogP contribution < -0.4 is 47.9 Å². The van der Waals surface area contributed by atoms with Gasteiger partial charge in [0.2, 0.25) is 0 Å². The molecule has 0 aliphatic rings. The van der Waals surface area contributed by atoms with E-state index in [9.17, 15) is 19.8 Å². The first-order valence-corrected chi connectivity index (χ1v) is 4.54. The van der Waals surface area contributed by atoms with Crippen LogP contribution in [-0.4, -0.2) is 11.9 Å². The second-order valence-electron chi connectivity index (χ2n) is 3.35. The van der Waals surface area contributed by atoms with Gasteiger partial charge < -0.3 is 19.8 Å². The summed E-state index contributed by atoms with van der Waals surface area (Å²) in [7, 11) is 0. The number of rotatable bonds is 2. The minimum absolute atomic E-state index is 0. The zero-order valence-electron chi connectivity index (χ0n) is 10.1. The molecule has 2 rings (SSSR count). The summed E-state index contributed by atoms with van der Waals surface area (Å²) in [6.45, 7) is 0. The molecule has 0 spiro atoms. The Balaban J connectivity index is 0.00000144. The van der Waals surface area contributed by atoms with Crippen molar-refractivity contribution in [3.05, 3.63) is 47.5 Å². The van der Waals surface area contributed by atoms with Crippen LogP contribution in [0.4, 0.5) is 0 Å². The molecule has 2 aromatic rings. The second-order valence-corrected chi connectivity index (χ2v) is 3.35. The van der Waals surface area contributed by atoms with Crippen LogP contribution in [0.15, 0.2) is 36.4 Å². The Kier molecular flexibility index (Phi) is 6.25. The van der Waals surface area contributed by atoms with E-state index in [1.807, 2.05) is 0 Å². The van der Waals surface area contributed by atoms with E-state index in [0.29, 0.717) is 10.8 Å². The van der Waals surface area contributed by atoms with E-state index in [-0.39, 0.29) is 48.8 Å². The van der Waals surface area contributed by atoms with Crippen molar-refractivity contribution in [1.82, 2.24) is 0 Å². The van der Waals surface area contributed by atoms with Crippen LogP contribution in [0.5, 0.6) is 0 Å². The van der Waals surface area contributed by atoms with Gasteiger partial charge >= 0.3 is 37.7 Å². The van der Waals surface area contributed by atoms with Gasteiger partial charge in [0, 0.05) is 0 Å². The van der Waals surface area contributed by atoms with Gasteiger partial charge in [0.1, 0.15) is 0 Å². The maximum Gasteiger partial charge on any atom is 1.00 e. The van der Waals surface area contributed by atoms with Crippen molar-refractivity contribution in [3.63, 3.8) is 0 Å². The molecule has 18 heavy (non-hydrogen) atoms. The number of benzene rings is 2. The second kappa shape index (κ2) is 6.68. The topological polar surface area (TPSA) is 80.3 Å². The number of aromatic carboxylic acids is 2. The Morgan fingerprint density at radius 2 is 1.06 bits per heavy atom. The predicted molar refractivity (Wildman–Crippen MR) is 52.6 cm³/mol. The first-order chi connectivity index (χ1) is 7.58. The molecule has 0 heterocycles. The third-order valence-corrected chi connectivity index (χ3v) is 2.31. The Hall–Kier alpha value is -1.17. The van der Waals surface area contributed by atoms with Gasteiger partial charge in [0.25, 0.3) is 0 Å². The zero-order chi connectivity index (χ0) is 11.7. The van der Waals surface area contributed by atoms with Crippen molar-refractivity contribution in [2.45, 2.75) is 0 Å². The van der Waals surface area contributed by atoms with E-state index >= 15 is 0 Å². The average molecular weight is 228 g/mol. The number of hydrogen-bond acceptors (Lipinski definition) is 4. The van der Waals surface area contributed by atoms with Gasteiger partial charge in [-0.05, 0) is 34.0 Å². The van der Waals surface area contributed by atoms with Gasteiger partial charge in [0.05, 0.1) is 11.9 Å². The quantitative estimate of drug-likeness (QED) is 0.479. The molecule has 2 aromatic carbocycles. The molecule has 0 amide bonds. The van der Waals surface area contributed by atoms with Gasteiger partial charge in [-0.3, -0.25) is 0 Å². The van der Waals surface area contributed by atoms with Crippen LogP contribution in [0.3, 0.4) is 0 Å². The fourth-order valence-corrected chi connectivity index (χ4v) is 1.50. The van der Waals surface area contributed by atoms with E-state index in [4.69, 9.17) is 0 Å².